The molecule has 0 aliphatic carbocycles. The van der Waals surface area contributed by atoms with Crippen LogP contribution in [0.2, 0.25) is 0 Å². The molecule has 0 amide bonds. The summed E-state index contributed by atoms with van der Waals surface area (Å²) in [6.07, 6.45) is 4.12. The quantitative estimate of drug-likeness (QED) is 0.573. The minimum atomic E-state index is -0.968. The van der Waals surface area contributed by atoms with Crippen LogP contribution in [-0.2, 0) is 4.74 Å². The van der Waals surface area contributed by atoms with E-state index in [9.17, 15) is 14.7 Å². The van der Waals surface area contributed by atoms with Gasteiger partial charge in [0.2, 0.25) is 0 Å². The molecule has 0 bridgehead atoms. The molecule has 102 valence electrons. The number of nitrogens with zero attached hydrogens (tertiary/aromatic N) is 1. The standard InChI is InChI=1S/C12H14N2O5/c1-2-3-7-10(17)8(6-15)19-11(7)14-5-4-9(16)13-12(14)18/h1,4-5,7-8,10-11,15,17H,3,6H2,(H,13,16,18)/t7-,8-,10+,11-/m1/s1. The van der Waals surface area contributed by atoms with Crippen molar-refractivity contribution in [1.82, 2.24) is 9.55 Å². The van der Waals surface area contributed by atoms with Crippen molar-refractivity contribution in [2.45, 2.75) is 24.9 Å². The number of terminal acetylenes is 1. The SMILES string of the molecule is C#CC[C@@H]1[C@H](O)[C@@H](CO)O[C@H]1n1ccc(=O)[nH]c1=O. The molecular weight excluding hydrogens is 252 g/mol. The summed E-state index contributed by atoms with van der Waals surface area (Å²) in [7, 11) is 0. The van der Waals surface area contributed by atoms with Gasteiger partial charge in [-0.05, 0) is 0 Å². The lowest BCUT2D eigenvalue weighted by Gasteiger charge is -2.19. The highest BCUT2D eigenvalue weighted by atomic mass is 16.5. The number of rotatable bonds is 3. The molecule has 7 nitrogen and oxygen atoms in total. The number of nitrogens with one attached hydrogen (secondary N) is 1. The maximum Gasteiger partial charge on any atom is 0.330 e. The van der Waals surface area contributed by atoms with Gasteiger partial charge in [0.15, 0.2) is 0 Å². The van der Waals surface area contributed by atoms with E-state index >= 15 is 0 Å². The minimum Gasteiger partial charge on any atom is -0.394 e. The van der Waals surface area contributed by atoms with Crippen LogP contribution in [0.1, 0.15) is 12.6 Å². The number of aromatic nitrogens is 2. The lowest BCUT2D eigenvalue weighted by Crippen LogP contribution is -2.34. The minimum absolute atomic E-state index is 0.188. The van der Waals surface area contributed by atoms with Crippen LogP contribution in [0.15, 0.2) is 21.9 Å². The number of hydrogen-bond acceptors (Lipinski definition) is 5. The van der Waals surface area contributed by atoms with Crippen LogP contribution in [0.4, 0.5) is 0 Å². The van der Waals surface area contributed by atoms with Gasteiger partial charge in [0, 0.05) is 24.6 Å². The Hall–Kier alpha value is -1.88. The molecule has 1 aliphatic rings. The Labute approximate surface area is 108 Å². The van der Waals surface area contributed by atoms with Gasteiger partial charge in [0.25, 0.3) is 5.56 Å². The van der Waals surface area contributed by atoms with Crippen LogP contribution in [0.25, 0.3) is 0 Å². The van der Waals surface area contributed by atoms with Crippen molar-refractivity contribution in [2.75, 3.05) is 6.61 Å². The Morgan fingerprint density at radius 1 is 1.53 bits per heavy atom. The first-order valence-electron chi connectivity index (χ1n) is 5.77. The van der Waals surface area contributed by atoms with Crippen molar-refractivity contribution in [1.29, 1.82) is 0 Å². The predicted molar refractivity (Wildman–Crippen MR) is 65.3 cm³/mol. The molecule has 3 N–H and O–H groups in total. The lowest BCUT2D eigenvalue weighted by molar-refractivity contribution is -0.0480. The van der Waals surface area contributed by atoms with Crippen molar-refractivity contribution in [3.63, 3.8) is 0 Å². The number of aromatic amines is 1. The largest absolute Gasteiger partial charge is 0.394 e. The van der Waals surface area contributed by atoms with Crippen LogP contribution in [-0.4, -0.2) is 38.6 Å². The first-order valence-corrected chi connectivity index (χ1v) is 5.77. The number of aliphatic hydroxyl groups excluding tert-OH is 2. The van der Waals surface area contributed by atoms with Gasteiger partial charge in [-0.15, -0.1) is 12.3 Å². The Balaban J connectivity index is 2.39. The Morgan fingerprint density at radius 3 is 2.84 bits per heavy atom. The zero-order chi connectivity index (χ0) is 14.0. The predicted octanol–water partition coefficient (Wildman–Crippen LogP) is -1.57. The Bertz CT molecular complexity index is 599. The zero-order valence-electron chi connectivity index (χ0n) is 10.0. The topological polar surface area (TPSA) is 105 Å². The molecule has 1 saturated heterocycles. The molecular formula is C12H14N2O5. The van der Waals surface area contributed by atoms with Crippen LogP contribution >= 0.6 is 0 Å². The summed E-state index contributed by atoms with van der Waals surface area (Å²) in [4.78, 5) is 24.8. The monoisotopic (exact) mass is 266 g/mol. The van der Waals surface area contributed by atoms with Crippen molar-refractivity contribution < 1.29 is 14.9 Å². The molecule has 0 aromatic carbocycles. The Morgan fingerprint density at radius 2 is 2.26 bits per heavy atom. The third kappa shape index (κ3) is 2.46. The molecule has 19 heavy (non-hydrogen) atoms. The number of H-pyrrole nitrogens is 1. The van der Waals surface area contributed by atoms with E-state index in [-0.39, 0.29) is 13.0 Å². The normalized spacial score (nSPS) is 30.2. The fraction of sp³-hybridized carbons (Fsp3) is 0.500. The summed E-state index contributed by atoms with van der Waals surface area (Å²) in [5, 5.41) is 19.1. The molecule has 0 unspecified atom stereocenters. The van der Waals surface area contributed by atoms with Gasteiger partial charge < -0.3 is 14.9 Å². The van der Waals surface area contributed by atoms with Gasteiger partial charge >= 0.3 is 5.69 Å². The van der Waals surface area contributed by atoms with E-state index in [0.29, 0.717) is 0 Å². The molecule has 1 fully saturated rings. The molecule has 0 spiro atoms. The van der Waals surface area contributed by atoms with Crippen molar-refractivity contribution in [3.8, 4) is 12.3 Å². The second-order valence-electron chi connectivity index (χ2n) is 4.33. The highest BCUT2D eigenvalue weighted by molar-refractivity contribution is 4.98. The van der Waals surface area contributed by atoms with E-state index in [4.69, 9.17) is 16.3 Å². The van der Waals surface area contributed by atoms with E-state index in [2.05, 4.69) is 10.9 Å². The summed E-state index contributed by atoms with van der Waals surface area (Å²) < 4.78 is 6.60. The Kier molecular flexibility index (Phi) is 3.85. The van der Waals surface area contributed by atoms with Gasteiger partial charge in [0.05, 0.1) is 12.7 Å². The molecule has 2 rings (SSSR count). The smallest absolute Gasteiger partial charge is 0.330 e. The van der Waals surface area contributed by atoms with Gasteiger partial charge in [-0.3, -0.25) is 14.3 Å². The van der Waals surface area contributed by atoms with Gasteiger partial charge in [-0.1, -0.05) is 0 Å². The lowest BCUT2D eigenvalue weighted by atomic mass is 9.96. The second-order valence-corrected chi connectivity index (χ2v) is 4.33. The van der Waals surface area contributed by atoms with Crippen LogP contribution in [0, 0.1) is 18.3 Å². The number of aliphatic hydroxyl groups is 2. The third-order valence-electron chi connectivity index (χ3n) is 3.16. The molecule has 1 aliphatic heterocycles. The average molecular weight is 266 g/mol. The summed E-state index contributed by atoms with van der Waals surface area (Å²) in [6.45, 7) is -0.378. The fourth-order valence-electron chi connectivity index (χ4n) is 2.21. The van der Waals surface area contributed by atoms with E-state index in [1.54, 1.807) is 0 Å². The first kappa shape index (κ1) is 13.5. The maximum absolute atomic E-state index is 11.7. The van der Waals surface area contributed by atoms with E-state index in [0.717, 1.165) is 4.57 Å². The molecule has 1 aromatic heterocycles. The third-order valence-corrected chi connectivity index (χ3v) is 3.16. The number of ether oxygens (including phenoxy) is 1. The summed E-state index contributed by atoms with van der Waals surface area (Å²) in [5.74, 6) is 1.88. The van der Waals surface area contributed by atoms with Gasteiger partial charge in [-0.25, -0.2) is 4.79 Å². The molecule has 7 heteroatoms. The number of hydrogen-bond donors (Lipinski definition) is 3. The van der Waals surface area contributed by atoms with Crippen LogP contribution < -0.4 is 11.2 Å². The average Bonchev–Trinajstić information content (AvgIpc) is 2.68. The van der Waals surface area contributed by atoms with Crippen molar-refractivity contribution in [3.05, 3.63) is 33.1 Å². The van der Waals surface area contributed by atoms with E-state index in [1.165, 1.54) is 12.3 Å². The first-order chi connectivity index (χ1) is 9.08. The fourth-order valence-corrected chi connectivity index (χ4v) is 2.21. The highest BCUT2D eigenvalue weighted by Crippen LogP contribution is 2.35. The molecule has 0 saturated carbocycles. The summed E-state index contributed by atoms with van der Waals surface area (Å²) in [6, 6.07) is 1.18. The molecule has 4 atom stereocenters. The second kappa shape index (κ2) is 5.40. The van der Waals surface area contributed by atoms with Crippen molar-refractivity contribution >= 4 is 0 Å². The van der Waals surface area contributed by atoms with Crippen LogP contribution in [0.3, 0.4) is 0 Å². The van der Waals surface area contributed by atoms with Crippen molar-refractivity contribution in [2.24, 2.45) is 5.92 Å². The van der Waals surface area contributed by atoms with E-state index < -0.39 is 35.6 Å². The van der Waals surface area contributed by atoms with Crippen LogP contribution in [0.5, 0.6) is 0 Å². The van der Waals surface area contributed by atoms with Gasteiger partial charge in [-0.2, -0.15) is 0 Å². The summed E-state index contributed by atoms with van der Waals surface area (Å²) in [5.41, 5.74) is -1.17. The van der Waals surface area contributed by atoms with Gasteiger partial charge in [0.1, 0.15) is 12.3 Å². The molecule has 2 heterocycles. The highest BCUT2D eigenvalue weighted by Gasteiger charge is 2.44. The summed E-state index contributed by atoms with van der Waals surface area (Å²) >= 11 is 0. The zero-order valence-corrected chi connectivity index (χ0v) is 10.0. The maximum atomic E-state index is 11.7. The van der Waals surface area contributed by atoms with E-state index in [1.807, 2.05) is 0 Å². The molecule has 1 aromatic rings. The molecule has 0 radical (unpaired) electrons.